The van der Waals surface area contributed by atoms with Gasteiger partial charge in [-0.2, -0.15) is 0 Å². The number of fused-ring (bicyclic) bond motifs is 1. The van der Waals surface area contributed by atoms with Crippen molar-refractivity contribution in [1.29, 1.82) is 0 Å². The molecule has 3 rings (SSSR count). The van der Waals surface area contributed by atoms with E-state index in [-0.39, 0.29) is 5.91 Å². The van der Waals surface area contributed by atoms with Crippen molar-refractivity contribution in [1.82, 2.24) is 14.9 Å². The Kier molecular flexibility index (Phi) is 5.20. The zero-order valence-corrected chi connectivity index (χ0v) is 14.5. The third-order valence-corrected chi connectivity index (χ3v) is 4.80. The number of methoxy groups -OCH3 is 2. The lowest BCUT2D eigenvalue weighted by Crippen LogP contribution is -2.37. The van der Waals surface area contributed by atoms with Gasteiger partial charge in [-0.05, 0) is 35.7 Å². The monoisotopic (exact) mass is 345 g/mol. The van der Waals surface area contributed by atoms with Gasteiger partial charge in [0.15, 0.2) is 16.7 Å². The number of carbonyl (C=O) groups is 1. The van der Waals surface area contributed by atoms with Crippen LogP contribution in [0.25, 0.3) is 0 Å². The van der Waals surface area contributed by atoms with Gasteiger partial charge in [-0.1, -0.05) is 11.8 Å². The molecular weight excluding hydrogens is 326 g/mol. The molecule has 1 aliphatic rings. The van der Waals surface area contributed by atoms with Crippen molar-refractivity contribution in [3.63, 3.8) is 0 Å². The summed E-state index contributed by atoms with van der Waals surface area (Å²) in [5.41, 5.74) is 2.31. The van der Waals surface area contributed by atoms with Gasteiger partial charge >= 0.3 is 0 Å². The average Bonchev–Trinajstić information content (AvgIpc) is 2.65. The van der Waals surface area contributed by atoms with Crippen molar-refractivity contribution >= 4 is 17.7 Å². The van der Waals surface area contributed by atoms with Gasteiger partial charge < -0.3 is 14.4 Å². The maximum absolute atomic E-state index is 12.5. The highest BCUT2D eigenvalue weighted by Crippen LogP contribution is 2.33. The number of rotatable bonds is 5. The predicted molar refractivity (Wildman–Crippen MR) is 91.4 cm³/mol. The van der Waals surface area contributed by atoms with Crippen molar-refractivity contribution in [2.75, 3.05) is 26.5 Å². The minimum absolute atomic E-state index is 0.0906. The van der Waals surface area contributed by atoms with Crippen LogP contribution in [-0.4, -0.2) is 47.3 Å². The summed E-state index contributed by atoms with van der Waals surface area (Å²) in [6, 6.07) is 5.72. The van der Waals surface area contributed by atoms with Crippen LogP contribution >= 0.6 is 11.8 Å². The number of thioether (sulfide) groups is 1. The number of aromatic nitrogens is 2. The van der Waals surface area contributed by atoms with Crippen LogP contribution in [0.5, 0.6) is 11.5 Å². The van der Waals surface area contributed by atoms with Crippen molar-refractivity contribution < 1.29 is 14.3 Å². The molecule has 2 aromatic rings. The van der Waals surface area contributed by atoms with E-state index >= 15 is 0 Å². The summed E-state index contributed by atoms with van der Waals surface area (Å²) in [6.07, 6.45) is 4.17. The first-order valence-electron chi connectivity index (χ1n) is 7.62. The van der Waals surface area contributed by atoms with Crippen LogP contribution < -0.4 is 9.47 Å². The molecule has 0 fully saturated rings. The van der Waals surface area contributed by atoms with E-state index in [0.29, 0.717) is 29.7 Å². The van der Waals surface area contributed by atoms with Gasteiger partial charge in [-0.25, -0.2) is 9.97 Å². The first-order chi connectivity index (χ1) is 11.7. The molecule has 0 atom stereocenters. The fourth-order valence-electron chi connectivity index (χ4n) is 2.67. The largest absolute Gasteiger partial charge is 0.493 e. The molecule has 24 heavy (non-hydrogen) atoms. The van der Waals surface area contributed by atoms with Gasteiger partial charge in [0, 0.05) is 25.5 Å². The molecule has 0 N–H and O–H groups in total. The summed E-state index contributed by atoms with van der Waals surface area (Å²) in [5.74, 6) is 1.85. The normalized spacial score (nSPS) is 13.3. The smallest absolute Gasteiger partial charge is 0.233 e. The zero-order valence-electron chi connectivity index (χ0n) is 13.7. The molecule has 0 bridgehead atoms. The van der Waals surface area contributed by atoms with Crippen LogP contribution in [-0.2, 0) is 17.8 Å². The first kappa shape index (κ1) is 16.6. The number of nitrogens with zero attached hydrogens (tertiary/aromatic N) is 3. The van der Waals surface area contributed by atoms with E-state index in [2.05, 4.69) is 9.97 Å². The van der Waals surface area contributed by atoms with E-state index in [1.165, 1.54) is 17.3 Å². The third-order valence-electron chi connectivity index (χ3n) is 3.94. The van der Waals surface area contributed by atoms with Crippen molar-refractivity contribution in [3.05, 3.63) is 41.7 Å². The summed E-state index contributed by atoms with van der Waals surface area (Å²) in [6.45, 7) is 1.29. The summed E-state index contributed by atoms with van der Waals surface area (Å²) >= 11 is 1.36. The molecule has 126 valence electrons. The second-order valence-corrected chi connectivity index (χ2v) is 6.30. The molecule has 1 aliphatic heterocycles. The van der Waals surface area contributed by atoms with E-state index in [9.17, 15) is 4.79 Å². The van der Waals surface area contributed by atoms with Gasteiger partial charge in [-0.15, -0.1) is 0 Å². The second-order valence-electron chi connectivity index (χ2n) is 5.36. The molecule has 6 nitrogen and oxygen atoms in total. The molecule has 0 saturated carbocycles. The Morgan fingerprint density at radius 3 is 2.50 bits per heavy atom. The molecule has 0 spiro atoms. The Balaban J connectivity index is 1.66. The summed E-state index contributed by atoms with van der Waals surface area (Å²) < 4.78 is 10.7. The summed E-state index contributed by atoms with van der Waals surface area (Å²) in [5, 5.41) is 0.620. The lowest BCUT2D eigenvalue weighted by molar-refractivity contribution is -0.129. The fourth-order valence-corrected chi connectivity index (χ4v) is 3.38. The molecule has 1 aromatic heterocycles. The molecule has 0 unspecified atom stereocenters. The fraction of sp³-hybridized carbons (Fsp3) is 0.353. The number of amides is 1. The van der Waals surface area contributed by atoms with Gasteiger partial charge in [-0.3, -0.25) is 4.79 Å². The van der Waals surface area contributed by atoms with Gasteiger partial charge in [0.25, 0.3) is 0 Å². The van der Waals surface area contributed by atoms with Gasteiger partial charge in [0.05, 0.1) is 20.0 Å². The topological polar surface area (TPSA) is 64.6 Å². The first-order valence-corrected chi connectivity index (χ1v) is 8.61. The van der Waals surface area contributed by atoms with Crippen LogP contribution in [0.4, 0.5) is 0 Å². The van der Waals surface area contributed by atoms with Crippen LogP contribution in [0.1, 0.15) is 11.1 Å². The number of hydrogen-bond acceptors (Lipinski definition) is 6. The molecule has 1 aromatic carbocycles. The molecule has 2 heterocycles. The lowest BCUT2D eigenvalue weighted by Gasteiger charge is -2.29. The average molecular weight is 345 g/mol. The number of ether oxygens (including phenoxy) is 2. The van der Waals surface area contributed by atoms with Crippen molar-refractivity contribution in [3.8, 4) is 11.5 Å². The number of hydrogen-bond donors (Lipinski definition) is 0. The van der Waals surface area contributed by atoms with E-state index in [4.69, 9.17) is 9.47 Å². The zero-order chi connectivity index (χ0) is 16.9. The van der Waals surface area contributed by atoms with Crippen molar-refractivity contribution in [2.45, 2.75) is 18.1 Å². The maximum atomic E-state index is 12.5. The maximum Gasteiger partial charge on any atom is 0.233 e. The number of benzene rings is 1. The quantitative estimate of drug-likeness (QED) is 0.611. The number of carbonyl (C=O) groups excluding carboxylic acids is 1. The minimum Gasteiger partial charge on any atom is -0.493 e. The summed E-state index contributed by atoms with van der Waals surface area (Å²) in [7, 11) is 3.25. The highest BCUT2D eigenvalue weighted by Gasteiger charge is 2.23. The Bertz CT molecular complexity index is 725. The molecule has 0 aliphatic carbocycles. The van der Waals surface area contributed by atoms with E-state index in [1.807, 2.05) is 17.0 Å². The summed E-state index contributed by atoms with van der Waals surface area (Å²) in [4.78, 5) is 22.6. The standard InChI is InChI=1S/C17H19N3O3S/c1-22-14-8-12-4-7-20(10-13(12)9-15(14)23-2)16(21)11-24-17-18-5-3-6-19-17/h3,5-6,8-9H,4,7,10-11H2,1-2H3. The van der Waals surface area contributed by atoms with Gasteiger partial charge in [0.1, 0.15) is 0 Å². The SMILES string of the molecule is COc1cc2c(cc1OC)CN(C(=O)CSc1ncccn1)CC2. The Hall–Kier alpha value is -2.28. The minimum atomic E-state index is 0.0906. The molecule has 7 heteroatoms. The third kappa shape index (κ3) is 3.62. The Labute approximate surface area is 145 Å². The lowest BCUT2D eigenvalue weighted by atomic mass is 9.99. The second kappa shape index (κ2) is 7.53. The highest BCUT2D eigenvalue weighted by atomic mass is 32.2. The highest BCUT2D eigenvalue weighted by molar-refractivity contribution is 7.99. The van der Waals surface area contributed by atoms with E-state index in [1.54, 1.807) is 32.7 Å². The van der Waals surface area contributed by atoms with E-state index in [0.717, 1.165) is 17.7 Å². The van der Waals surface area contributed by atoms with Crippen LogP contribution in [0.15, 0.2) is 35.7 Å². The van der Waals surface area contributed by atoms with E-state index < -0.39 is 0 Å². The van der Waals surface area contributed by atoms with Crippen molar-refractivity contribution in [2.24, 2.45) is 0 Å². The molecule has 1 amide bonds. The van der Waals surface area contributed by atoms with Crippen LogP contribution in [0.2, 0.25) is 0 Å². The molecular formula is C17H19N3O3S. The van der Waals surface area contributed by atoms with Crippen LogP contribution in [0.3, 0.4) is 0 Å². The Morgan fingerprint density at radius 2 is 1.83 bits per heavy atom. The molecule has 0 radical (unpaired) electrons. The molecule has 0 saturated heterocycles. The predicted octanol–water partition coefficient (Wildman–Crippen LogP) is 2.17. The van der Waals surface area contributed by atoms with Gasteiger partial charge in [0.2, 0.25) is 5.91 Å². The van der Waals surface area contributed by atoms with Crippen LogP contribution in [0, 0.1) is 0 Å². The Morgan fingerprint density at radius 1 is 1.17 bits per heavy atom.